The Balaban J connectivity index is 1.30. The molecule has 1 saturated heterocycles. The fourth-order valence-electron chi connectivity index (χ4n) is 4.31. The molecule has 1 fully saturated rings. The molecule has 1 aliphatic rings. The number of amides is 1. The molecule has 0 bridgehead atoms. The Morgan fingerprint density at radius 1 is 1.19 bits per heavy atom. The van der Waals surface area contributed by atoms with E-state index < -0.39 is 6.10 Å². The monoisotopic (exact) mass is 436 g/mol. The van der Waals surface area contributed by atoms with Crippen LogP contribution in [0.25, 0.3) is 0 Å². The Labute approximate surface area is 187 Å². The molecular weight excluding hydrogens is 407 g/mol. The first-order chi connectivity index (χ1) is 15.4. The van der Waals surface area contributed by atoms with Crippen LogP contribution in [-0.4, -0.2) is 45.2 Å². The van der Waals surface area contributed by atoms with E-state index in [9.17, 15) is 14.3 Å². The van der Waals surface area contributed by atoms with Crippen molar-refractivity contribution in [2.75, 3.05) is 7.05 Å². The van der Waals surface area contributed by atoms with Crippen LogP contribution in [0.15, 0.2) is 54.6 Å². The number of aliphatic hydroxyl groups is 1. The highest BCUT2D eigenvalue weighted by atomic mass is 19.1. The molecule has 2 aromatic carbocycles. The fraction of sp³-hybridized carbons (Fsp3) is 0.360. The van der Waals surface area contributed by atoms with Gasteiger partial charge in [-0.25, -0.2) is 4.39 Å². The molecule has 4 rings (SSSR count). The van der Waals surface area contributed by atoms with Gasteiger partial charge in [0, 0.05) is 30.4 Å². The summed E-state index contributed by atoms with van der Waals surface area (Å²) in [5.74, 6) is -0.346. The predicted octanol–water partition coefficient (Wildman–Crippen LogP) is 3.53. The van der Waals surface area contributed by atoms with Crippen LogP contribution in [0.2, 0.25) is 0 Å². The number of aromatic amines is 1. The quantitative estimate of drug-likeness (QED) is 0.529. The third-order valence-corrected chi connectivity index (χ3v) is 6.06. The van der Waals surface area contributed by atoms with E-state index in [2.05, 4.69) is 15.5 Å². The third-order valence-electron chi connectivity index (χ3n) is 6.06. The van der Waals surface area contributed by atoms with E-state index in [4.69, 9.17) is 0 Å². The number of aliphatic hydroxyl groups excluding tert-OH is 1. The Bertz CT molecular complexity index is 1050. The lowest BCUT2D eigenvalue weighted by Crippen LogP contribution is -2.35. The number of benzene rings is 2. The highest BCUT2D eigenvalue weighted by Gasteiger charge is 2.30. The second-order valence-corrected chi connectivity index (χ2v) is 8.65. The van der Waals surface area contributed by atoms with Crippen molar-refractivity contribution in [3.8, 4) is 0 Å². The van der Waals surface area contributed by atoms with E-state index in [1.54, 1.807) is 24.1 Å². The summed E-state index contributed by atoms with van der Waals surface area (Å²) < 4.78 is 13.1. The van der Waals surface area contributed by atoms with Crippen LogP contribution in [0, 0.1) is 12.7 Å². The molecule has 32 heavy (non-hydrogen) atoms. The van der Waals surface area contributed by atoms with Crippen molar-refractivity contribution in [3.63, 3.8) is 0 Å². The Hall–Kier alpha value is -3.03. The molecule has 3 aromatic rings. The highest BCUT2D eigenvalue weighted by Crippen LogP contribution is 2.27. The Morgan fingerprint density at radius 3 is 2.56 bits per heavy atom. The summed E-state index contributed by atoms with van der Waals surface area (Å²) in [5.41, 5.74) is 4.31. The lowest BCUT2D eigenvalue weighted by molar-refractivity contribution is 0.0783. The van der Waals surface area contributed by atoms with Crippen LogP contribution in [0.4, 0.5) is 4.39 Å². The van der Waals surface area contributed by atoms with Gasteiger partial charge in [-0.1, -0.05) is 24.3 Å². The highest BCUT2D eigenvalue weighted by molar-refractivity contribution is 5.94. The molecule has 3 atom stereocenters. The summed E-state index contributed by atoms with van der Waals surface area (Å²) in [5, 5.41) is 21.2. The van der Waals surface area contributed by atoms with Gasteiger partial charge in [-0.15, -0.1) is 0 Å². The van der Waals surface area contributed by atoms with Crippen molar-refractivity contribution in [2.24, 2.45) is 0 Å². The standard InChI is InChI=1S/C25H29FN4O2/c1-16-13-22(29-28-16)15-30(2)25(32)19-5-3-17(4-6-19)14-21-11-12-23(27-21)24(31)18-7-9-20(26)10-8-18/h3-10,13,21,23-24,27,31H,11-12,14-15H2,1-2H3,(H,28,29)/t21-,23+,24?/m0/s1. The molecule has 1 aliphatic heterocycles. The van der Waals surface area contributed by atoms with Gasteiger partial charge in [0.1, 0.15) is 5.82 Å². The van der Waals surface area contributed by atoms with Gasteiger partial charge in [0.05, 0.1) is 18.3 Å². The molecule has 1 aromatic heterocycles. The maximum Gasteiger partial charge on any atom is 0.253 e. The van der Waals surface area contributed by atoms with Crippen molar-refractivity contribution in [1.29, 1.82) is 0 Å². The maximum absolute atomic E-state index is 13.1. The molecule has 2 heterocycles. The minimum Gasteiger partial charge on any atom is -0.387 e. The van der Waals surface area contributed by atoms with E-state index in [0.717, 1.165) is 41.8 Å². The lowest BCUT2D eigenvalue weighted by Gasteiger charge is -2.20. The summed E-state index contributed by atoms with van der Waals surface area (Å²) in [6.07, 6.45) is 1.98. The van der Waals surface area contributed by atoms with Crippen LogP contribution < -0.4 is 5.32 Å². The van der Waals surface area contributed by atoms with Crippen LogP contribution >= 0.6 is 0 Å². The predicted molar refractivity (Wildman–Crippen MR) is 121 cm³/mol. The normalized spacial score (nSPS) is 19.1. The number of aromatic nitrogens is 2. The topological polar surface area (TPSA) is 81.2 Å². The summed E-state index contributed by atoms with van der Waals surface area (Å²) in [6, 6.07) is 15.9. The SMILES string of the molecule is Cc1cc(CN(C)C(=O)c2ccc(C[C@@H]3CC[C@H](C(O)c4ccc(F)cc4)N3)cc2)n[nH]1. The molecule has 1 amide bonds. The Morgan fingerprint density at radius 2 is 1.91 bits per heavy atom. The summed E-state index contributed by atoms with van der Waals surface area (Å²) in [6.45, 7) is 2.39. The van der Waals surface area contributed by atoms with Gasteiger partial charge in [0.25, 0.3) is 5.91 Å². The zero-order chi connectivity index (χ0) is 22.7. The molecule has 6 nitrogen and oxygen atoms in total. The summed E-state index contributed by atoms with van der Waals surface area (Å²) >= 11 is 0. The van der Waals surface area contributed by atoms with E-state index in [-0.39, 0.29) is 23.8 Å². The van der Waals surface area contributed by atoms with E-state index in [1.807, 2.05) is 37.3 Å². The first-order valence-electron chi connectivity index (χ1n) is 10.9. The number of nitrogens with one attached hydrogen (secondary N) is 2. The minimum atomic E-state index is -0.658. The average Bonchev–Trinajstić information content (AvgIpc) is 3.42. The molecular formula is C25H29FN4O2. The van der Waals surface area contributed by atoms with Gasteiger partial charge >= 0.3 is 0 Å². The minimum absolute atomic E-state index is 0.0429. The van der Waals surface area contributed by atoms with Crippen molar-refractivity contribution < 1.29 is 14.3 Å². The number of aryl methyl sites for hydroxylation is 1. The molecule has 168 valence electrons. The largest absolute Gasteiger partial charge is 0.387 e. The van der Waals surface area contributed by atoms with Crippen LogP contribution in [-0.2, 0) is 13.0 Å². The molecule has 3 N–H and O–H groups in total. The molecule has 7 heteroatoms. The molecule has 0 radical (unpaired) electrons. The van der Waals surface area contributed by atoms with Gasteiger partial charge in [0.2, 0.25) is 0 Å². The zero-order valence-electron chi connectivity index (χ0n) is 18.4. The number of H-pyrrole nitrogens is 1. The molecule has 0 spiro atoms. The van der Waals surface area contributed by atoms with Gasteiger partial charge < -0.3 is 15.3 Å². The van der Waals surface area contributed by atoms with Crippen molar-refractivity contribution in [1.82, 2.24) is 20.4 Å². The second-order valence-electron chi connectivity index (χ2n) is 8.65. The lowest BCUT2D eigenvalue weighted by atomic mass is 10.0. The Kier molecular flexibility index (Phi) is 6.67. The van der Waals surface area contributed by atoms with E-state index >= 15 is 0 Å². The number of hydrogen-bond acceptors (Lipinski definition) is 4. The number of halogens is 1. The third kappa shape index (κ3) is 5.23. The average molecular weight is 437 g/mol. The number of nitrogens with zero attached hydrogens (tertiary/aromatic N) is 2. The first-order valence-corrected chi connectivity index (χ1v) is 10.9. The fourth-order valence-corrected chi connectivity index (χ4v) is 4.31. The van der Waals surface area contributed by atoms with Crippen molar-refractivity contribution in [3.05, 3.63) is 88.5 Å². The number of carbonyl (C=O) groups is 1. The van der Waals surface area contributed by atoms with Gasteiger partial charge in [-0.3, -0.25) is 9.89 Å². The van der Waals surface area contributed by atoms with E-state index in [0.29, 0.717) is 12.1 Å². The van der Waals surface area contributed by atoms with E-state index in [1.165, 1.54) is 12.1 Å². The van der Waals surface area contributed by atoms with Crippen LogP contribution in [0.3, 0.4) is 0 Å². The van der Waals surface area contributed by atoms with Crippen molar-refractivity contribution in [2.45, 2.75) is 50.9 Å². The van der Waals surface area contributed by atoms with Gasteiger partial charge in [0.15, 0.2) is 0 Å². The maximum atomic E-state index is 13.1. The van der Waals surface area contributed by atoms with Crippen LogP contribution in [0.5, 0.6) is 0 Å². The van der Waals surface area contributed by atoms with Gasteiger partial charge in [-0.2, -0.15) is 5.10 Å². The number of hydrogen-bond donors (Lipinski definition) is 3. The molecule has 1 unspecified atom stereocenters. The molecule has 0 saturated carbocycles. The summed E-state index contributed by atoms with van der Waals surface area (Å²) in [7, 11) is 1.77. The zero-order valence-corrected chi connectivity index (χ0v) is 18.4. The van der Waals surface area contributed by atoms with Crippen molar-refractivity contribution >= 4 is 5.91 Å². The second kappa shape index (κ2) is 9.63. The summed E-state index contributed by atoms with van der Waals surface area (Å²) in [4.78, 5) is 14.4. The van der Waals surface area contributed by atoms with Crippen LogP contribution in [0.1, 0.15) is 51.8 Å². The number of carbonyl (C=O) groups excluding carboxylic acids is 1. The van der Waals surface area contributed by atoms with Gasteiger partial charge in [-0.05, 0) is 67.6 Å². The molecule has 0 aliphatic carbocycles. The smallest absolute Gasteiger partial charge is 0.253 e. The number of rotatable bonds is 7. The first kappa shape index (κ1) is 22.2.